The van der Waals surface area contributed by atoms with Gasteiger partial charge in [-0.1, -0.05) is 26.0 Å². The van der Waals surface area contributed by atoms with Crippen LogP contribution in [0.1, 0.15) is 19.4 Å². The fourth-order valence-electron chi connectivity index (χ4n) is 1.60. The van der Waals surface area contributed by atoms with Crippen LogP contribution < -0.4 is 11.1 Å². The van der Waals surface area contributed by atoms with Crippen LogP contribution in [0.2, 0.25) is 0 Å². The zero-order valence-electron chi connectivity index (χ0n) is 9.96. The summed E-state index contributed by atoms with van der Waals surface area (Å²) >= 11 is 0. The highest BCUT2D eigenvalue weighted by molar-refractivity contribution is 5.45. The van der Waals surface area contributed by atoms with E-state index in [0.29, 0.717) is 11.8 Å². The first-order valence-corrected chi connectivity index (χ1v) is 5.64. The SMILES string of the molecule is Cc1cccc(NCC(CN)C(C)C)c1. The van der Waals surface area contributed by atoms with E-state index in [1.165, 1.54) is 11.3 Å². The molecule has 3 N–H and O–H groups in total. The van der Waals surface area contributed by atoms with Crippen molar-refractivity contribution in [2.75, 3.05) is 18.4 Å². The first-order valence-electron chi connectivity index (χ1n) is 5.64. The second-order valence-electron chi connectivity index (χ2n) is 4.49. The first kappa shape index (κ1) is 12.1. The highest BCUT2D eigenvalue weighted by atomic mass is 14.9. The number of anilines is 1. The van der Waals surface area contributed by atoms with Crippen LogP contribution in [-0.4, -0.2) is 13.1 Å². The average Bonchev–Trinajstić information content (AvgIpc) is 2.18. The number of nitrogens with two attached hydrogens (primary N) is 1. The third kappa shape index (κ3) is 3.92. The minimum absolute atomic E-state index is 0.547. The Morgan fingerprint density at radius 1 is 1.33 bits per heavy atom. The van der Waals surface area contributed by atoms with Crippen LogP contribution >= 0.6 is 0 Å². The van der Waals surface area contributed by atoms with Gasteiger partial charge in [0.05, 0.1) is 0 Å². The van der Waals surface area contributed by atoms with Crippen molar-refractivity contribution in [3.05, 3.63) is 29.8 Å². The molecule has 1 unspecified atom stereocenters. The predicted molar refractivity (Wildman–Crippen MR) is 67.1 cm³/mol. The molecule has 84 valence electrons. The topological polar surface area (TPSA) is 38.0 Å². The van der Waals surface area contributed by atoms with Crippen LogP contribution in [-0.2, 0) is 0 Å². The van der Waals surface area contributed by atoms with E-state index >= 15 is 0 Å². The molecule has 1 atom stereocenters. The van der Waals surface area contributed by atoms with E-state index in [1.54, 1.807) is 0 Å². The second kappa shape index (κ2) is 5.76. The average molecular weight is 206 g/mol. The molecule has 0 aromatic heterocycles. The fourth-order valence-corrected chi connectivity index (χ4v) is 1.60. The van der Waals surface area contributed by atoms with Crippen molar-refractivity contribution in [2.45, 2.75) is 20.8 Å². The Morgan fingerprint density at radius 2 is 2.07 bits per heavy atom. The fraction of sp³-hybridized carbons (Fsp3) is 0.538. The van der Waals surface area contributed by atoms with E-state index in [9.17, 15) is 0 Å². The van der Waals surface area contributed by atoms with Gasteiger partial charge in [-0.05, 0) is 43.0 Å². The summed E-state index contributed by atoms with van der Waals surface area (Å²) in [4.78, 5) is 0. The van der Waals surface area contributed by atoms with Gasteiger partial charge in [-0.3, -0.25) is 0 Å². The maximum atomic E-state index is 5.73. The summed E-state index contributed by atoms with van der Waals surface area (Å²) in [6, 6.07) is 8.44. The lowest BCUT2D eigenvalue weighted by Gasteiger charge is -2.20. The van der Waals surface area contributed by atoms with Crippen LogP contribution in [0.15, 0.2) is 24.3 Å². The van der Waals surface area contributed by atoms with Gasteiger partial charge in [0.25, 0.3) is 0 Å². The lowest BCUT2D eigenvalue weighted by molar-refractivity contribution is 0.413. The molecule has 0 saturated carbocycles. The monoisotopic (exact) mass is 206 g/mol. The van der Waals surface area contributed by atoms with Gasteiger partial charge in [-0.25, -0.2) is 0 Å². The molecule has 1 rings (SSSR count). The van der Waals surface area contributed by atoms with Gasteiger partial charge >= 0.3 is 0 Å². The summed E-state index contributed by atoms with van der Waals surface area (Å²) in [5.41, 5.74) is 8.20. The molecule has 0 aliphatic rings. The van der Waals surface area contributed by atoms with Gasteiger partial charge < -0.3 is 11.1 Å². The summed E-state index contributed by atoms with van der Waals surface area (Å²) < 4.78 is 0. The Balaban J connectivity index is 2.49. The van der Waals surface area contributed by atoms with Crippen LogP contribution in [0, 0.1) is 18.8 Å². The molecule has 0 spiro atoms. The smallest absolute Gasteiger partial charge is 0.0342 e. The third-order valence-electron chi connectivity index (χ3n) is 2.83. The summed E-state index contributed by atoms with van der Waals surface area (Å²) in [6.07, 6.45) is 0. The molecule has 2 nitrogen and oxygen atoms in total. The number of benzene rings is 1. The highest BCUT2D eigenvalue weighted by Crippen LogP contribution is 2.13. The molecular formula is C13H22N2. The molecule has 1 aromatic rings. The largest absolute Gasteiger partial charge is 0.385 e. The van der Waals surface area contributed by atoms with Gasteiger partial charge in [0.1, 0.15) is 0 Å². The molecular weight excluding hydrogens is 184 g/mol. The predicted octanol–water partition coefficient (Wildman–Crippen LogP) is 2.64. The quantitative estimate of drug-likeness (QED) is 0.777. The van der Waals surface area contributed by atoms with Gasteiger partial charge in [-0.15, -0.1) is 0 Å². The molecule has 0 radical (unpaired) electrons. The molecule has 0 heterocycles. The maximum absolute atomic E-state index is 5.73. The summed E-state index contributed by atoms with van der Waals surface area (Å²) in [5.74, 6) is 1.18. The van der Waals surface area contributed by atoms with Gasteiger partial charge in [0.2, 0.25) is 0 Å². The van der Waals surface area contributed by atoms with Gasteiger partial charge in [0, 0.05) is 12.2 Å². The molecule has 0 amide bonds. The molecule has 2 heteroatoms. The number of aryl methyl sites for hydroxylation is 1. The van der Waals surface area contributed by atoms with Crippen LogP contribution in [0.3, 0.4) is 0 Å². The molecule has 15 heavy (non-hydrogen) atoms. The van der Waals surface area contributed by atoms with E-state index in [2.05, 4.69) is 50.4 Å². The molecule has 0 aliphatic heterocycles. The van der Waals surface area contributed by atoms with E-state index in [1.807, 2.05) is 0 Å². The Hall–Kier alpha value is -1.02. The number of hydrogen-bond acceptors (Lipinski definition) is 2. The molecule has 1 aromatic carbocycles. The zero-order valence-corrected chi connectivity index (χ0v) is 9.96. The Morgan fingerprint density at radius 3 is 2.60 bits per heavy atom. The van der Waals surface area contributed by atoms with Crippen molar-refractivity contribution in [3.8, 4) is 0 Å². The lowest BCUT2D eigenvalue weighted by Crippen LogP contribution is -2.27. The molecule has 0 bridgehead atoms. The van der Waals surface area contributed by atoms with E-state index in [4.69, 9.17) is 5.73 Å². The Kier molecular flexibility index (Phi) is 4.63. The van der Waals surface area contributed by atoms with Gasteiger partial charge in [-0.2, -0.15) is 0 Å². The summed E-state index contributed by atoms with van der Waals surface area (Å²) in [6.45, 7) is 8.24. The highest BCUT2D eigenvalue weighted by Gasteiger charge is 2.10. The summed E-state index contributed by atoms with van der Waals surface area (Å²) in [7, 11) is 0. The van der Waals surface area contributed by atoms with E-state index in [-0.39, 0.29) is 0 Å². The summed E-state index contributed by atoms with van der Waals surface area (Å²) in [5, 5.41) is 3.44. The maximum Gasteiger partial charge on any atom is 0.0342 e. The van der Waals surface area contributed by atoms with Crippen molar-refractivity contribution < 1.29 is 0 Å². The zero-order chi connectivity index (χ0) is 11.3. The first-order chi connectivity index (χ1) is 7.13. The number of rotatable bonds is 5. The molecule has 0 aliphatic carbocycles. The number of nitrogens with one attached hydrogen (secondary N) is 1. The third-order valence-corrected chi connectivity index (χ3v) is 2.83. The minimum Gasteiger partial charge on any atom is -0.385 e. The Bertz CT molecular complexity index is 294. The van der Waals surface area contributed by atoms with Crippen molar-refractivity contribution in [1.29, 1.82) is 0 Å². The van der Waals surface area contributed by atoms with Crippen LogP contribution in [0.4, 0.5) is 5.69 Å². The normalized spacial score (nSPS) is 12.9. The minimum atomic E-state index is 0.547. The second-order valence-corrected chi connectivity index (χ2v) is 4.49. The van der Waals surface area contributed by atoms with Crippen LogP contribution in [0.25, 0.3) is 0 Å². The molecule has 0 fully saturated rings. The van der Waals surface area contributed by atoms with Crippen molar-refractivity contribution >= 4 is 5.69 Å². The standard InChI is InChI=1S/C13H22N2/c1-10(2)12(8-14)9-15-13-6-4-5-11(3)7-13/h4-7,10,12,15H,8-9,14H2,1-3H3. The van der Waals surface area contributed by atoms with E-state index < -0.39 is 0 Å². The van der Waals surface area contributed by atoms with E-state index in [0.717, 1.165) is 13.1 Å². The van der Waals surface area contributed by atoms with Crippen molar-refractivity contribution in [2.24, 2.45) is 17.6 Å². The van der Waals surface area contributed by atoms with Crippen molar-refractivity contribution in [1.82, 2.24) is 0 Å². The van der Waals surface area contributed by atoms with Gasteiger partial charge in [0.15, 0.2) is 0 Å². The number of hydrogen-bond donors (Lipinski definition) is 2. The van der Waals surface area contributed by atoms with Crippen molar-refractivity contribution in [3.63, 3.8) is 0 Å². The van der Waals surface area contributed by atoms with Crippen LogP contribution in [0.5, 0.6) is 0 Å². The Labute approximate surface area is 92.9 Å². The lowest BCUT2D eigenvalue weighted by atomic mass is 9.96. The molecule has 0 saturated heterocycles.